The van der Waals surface area contributed by atoms with Crippen LogP contribution in [0.15, 0.2) is 54.6 Å². The van der Waals surface area contributed by atoms with Crippen LogP contribution in [0.1, 0.15) is 33.6 Å². The molecule has 0 radical (unpaired) electrons. The number of ether oxygens (including phenoxy) is 1. The third kappa shape index (κ3) is 2.51. The highest BCUT2D eigenvalue weighted by atomic mass is 16.5. The number of para-hydroxylation sites is 1. The molecule has 0 unspecified atom stereocenters. The summed E-state index contributed by atoms with van der Waals surface area (Å²) in [4.78, 5) is 53.4. The molecular weight excluding hydrogens is 360 g/mol. The van der Waals surface area contributed by atoms with E-state index in [-0.39, 0.29) is 30.4 Å². The molecule has 2 aliphatic heterocycles. The molecule has 4 rings (SSSR count). The highest BCUT2D eigenvalue weighted by Crippen LogP contribution is 2.44. The Morgan fingerprint density at radius 1 is 1.04 bits per heavy atom. The lowest BCUT2D eigenvalue weighted by Crippen LogP contribution is -2.67. The number of anilines is 1. The largest absolute Gasteiger partial charge is 0.454 e. The van der Waals surface area contributed by atoms with E-state index >= 15 is 0 Å². The molecule has 1 atom stereocenters. The third-order valence-electron chi connectivity index (χ3n) is 5.30. The molecule has 2 aromatic carbocycles. The number of hydrogen-bond donors (Lipinski definition) is 0. The minimum atomic E-state index is -1.57. The van der Waals surface area contributed by atoms with Crippen LogP contribution in [-0.4, -0.2) is 47.8 Å². The summed E-state index contributed by atoms with van der Waals surface area (Å²) in [7, 11) is 1.48. The van der Waals surface area contributed by atoms with Gasteiger partial charge in [0.05, 0.1) is 11.3 Å². The molecule has 7 nitrogen and oxygen atoms in total. The van der Waals surface area contributed by atoms with E-state index in [9.17, 15) is 19.2 Å². The normalized spacial score (nSPS) is 20.6. The second-order valence-electron chi connectivity index (χ2n) is 6.79. The molecule has 142 valence electrons. The number of amides is 2. The first-order chi connectivity index (χ1) is 13.5. The number of benzene rings is 2. The average molecular weight is 378 g/mol. The van der Waals surface area contributed by atoms with Crippen molar-refractivity contribution < 1.29 is 23.9 Å². The number of nitrogens with zero attached hydrogens (tertiary/aromatic N) is 2. The lowest BCUT2D eigenvalue weighted by Gasteiger charge is -2.46. The topological polar surface area (TPSA) is 84.0 Å². The fourth-order valence-corrected chi connectivity index (χ4v) is 3.84. The van der Waals surface area contributed by atoms with E-state index in [1.165, 1.54) is 16.8 Å². The molecule has 1 fully saturated rings. The Balaban J connectivity index is 1.65. The van der Waals surface area contributed by atoms with Crippen LogP contribution in [0.3, 0.4) is 0 Å². The van der Waals surface area contributed by atoms with Gasteiger partial charge in [-0.05, 0) is 12.1 Å². The van der Waals surface area contributed by atoms with Gasteiger partial charge in [0.15, 0.2) is 12.4 Å². The molecule has 0 aromatic heterocycles. The molecule has 0 aliphatic carbocycles. The molecule has 7 heteroatoms. The summed E-state index contributed by atoms with van der Waals surface area (Å²) in [6.07, 6.45) is 0.217. The van der Waals surface area contributed by atoms with Crippen molar-refractivity contribution in [3.05, 3.63) is 65.7 Å². The highest BCUT2D eigenvalue weighted by molar-refractivity contribution is 6.15. The van der Waals surface area contributed by atoms with Crippen molar-refractivity contribution in [3.8, 4) is 0 Å². The lowest BCUT2D eigenvalue weighted by molar-refractivity contribution is -0.155. The standard InChI is InChI=1S/C21H18N2O5/c1-22-19(26)15-9-5-6-10-16(15)23-18(25)11-12-21(22,23)20(27)28-13-17(24)14-7-3-2-4-8-14/h2-10H,11-13H2,1H3/t21-/m0/s1. The van der Waals surface area contributed by atoms with Crippen LogP contribution in [0, 0.1) is 0 Å². The van der Waals surface area contributed by atoms with Crippen LogP contribution in [-0.2, 0) is 14.3 Å². The number of likely N-dealkylation sites (N-methyl/N-ethyl adjacent to an activating group) is 1. The molecule has 0 bridgehead atoms. The maximum Gasteiger partial charge on any atom is 0.354 e. The molecule has 2 aliphatic rings. The van der Waals surface area contributed by atoms with Gasteiger partial charge in [-0.2, -0.15) is 0 Å². The second kappa shape index (κ2) is 6.60. The minimum Gasteiger partial charge on any atom is -0.454 e. The molecule has 2 amide bonds. The molecule has 2 heterocycles. The van der Waals surface area contributed by atoms with Gasteiger partial charge in [0, 0.05) is 25.5 Å². The number of Topliss-reactive ketones (excluding diaryl/α,β-unsaturated/α-hetero) is 1. The van der Waals surface area contributed by atoms with Crippen LogP contribution in [0.25, 0.3) is 0 Å². The Kier molecular flexibility index (Phi) is 4.22. The van der Waals surface area contributed by atoms with Gasteiger partial charge in [-0.25, -0.2) is 4.79 Å². The number of fused-ring (bicyclic) bond motifs is 3. The summed E-state index contributed by atoms with van der Waals surface area (Å²) in [5, 5.41) is 0. The van der Waals surface area contributed by atoms with E-state index in [2.05, 4.69) is 0 Å². The Bertz CT molecular complexity index is 987. The van der Waals surface area contributed by atoms with Crippen molar-refractivity contribution in [1.82, 2.24) is 4.90 Å². The first-order valence-electron chi connectivity index (χ1n) is 8.92. The van der Waals surface area contributed by atoms with E-state index in [4.69, 9.17) is 4.74 Å². The van der Waals surface area contributed by atoms with Gasteiger partial charge in [0.25, 0.3) is 5.91 Å². The fourth-order valence-electron chi connectivity index (χ4n) is 3.84. The average Bonchev–Trinajstić information content (AvgIpc) is 3.09. The third-order valence-corrected chi connectivity index (χ3v) is 5.30. The minimum absolute atomic E-state index is 0.105. The van der Waals surface area contributed by atoms with E-state index < -0.39 is 18.2 Å². The highest BCUT2D eigenvalue weighted by Gasteiger charge is 2.60. The Morgan fingerprint density at radius 3 is 2.46 bits per heavy atom. The Labute approximate surface area is 161 Å². The summed E-state index contributed by atoms with van der Waals surface area (Å²) < 4.78 is 5.31. The molecule has 0 N–H and O–H groups in total. The van der Waals surface area contributed by atoms with Crippen LogP contribution in [0.4, 0.5) is 5.69 Å². The van der Waals surface area contributed by atoms with Gasteiger partial charge < -0.3 is 9.64 Å². The maximum atomic E-state index is 13.1. The van der Waals surface area contributed by atoms with Crippen molar-refractivity contribution >= 4 is 29.3 Å². The summed E-state index contributed by atoms with van der Waals surface area (Å²) in [5.41, 5.74) is -0.409. The smallest absolute Gasteiger partial charge is 0.354 e. The lowest BCUT2D eigenvalue weighted by atomic mass is 9.97. The van der Waals surface area contributed by atoms with E-state index in [1.807, 2.05) is 0 Å². The van der Waals surface area contributed by atoms with Crippen LogP contribution >= 0.6 is 0 Å². The molecule has 0 spiro atoms. The van der Waals surface area contributed by atoms with Gasteiger partial charge in [0.1, 0.15) is 0 Å². The zero-order chi connectivity index (χ0) is 19.9. The number of carbonyl (C=O) groups is 4. The van der Waals surface area contributed by atoms with E-state index in [1.54, 1.807) is 54.6 Å². The number of esters is 1. The summed E-state index contributed by atoms with van der Waals surface area (Å²) >= 11 is 0. The Morgan fingerprint density at radius 2 is 1.71 bits per heavy atom. The zero-order valence-corrected chi connectivity index (χ0v) is 15.3. The molecule has 0 saturated carbocycles. The summed E-state index contributed by atoms with van der Waals surface area (Å²) in [6.45, 7) is -0.462. The molecule has 1 saturated heterocycles. The van der Waals surface area contributed by atoms with Crippen molar-refractivity contribution in [2.24, 2.45) is 0 Å². The van der Waals surface area contributed by atoms with Gasteiger partial charge in [-0.3, -0.25) is 19.3 Å². The van der Waals surface area contributed by atoms with Crippen molar-refractivity contribution in [3.63, 3.8) is 0 Å². The van der Waals surface area contributed by atoms with Crippen LogP contribution < -0.4 is 4.90 Å². The van der Waals surface area contributed by atoms with Crippen molar-refractivity contribution in [2.75, 3.05) is 18.6 Å². The first kappa shape index (κ1) is 17.9. The van der Waals surface area contributed by atoms with Crippen molar-refractivity contribution in [2.45, 2.75) is 18.5 Å². The first-order valence-corrected chi connectivity index (χ1v) is 8.92. The zero-order valence-electron chi connectivity index (χ0n) is 15.3. The number of hydrogen-bond acceptors (Lipinski definition) is 5. The van der Waals surface area contributed by atoms with Crippen LogP contribution in [0.2, 0.25) is 0 Å². The fraction of sp³-hybridized carbons (Fsp3) is 0.238. The number of rotatable bonds is 4. The predicted octanol–water partition coefficient (Wildman–Crippen LogP) is 2.02. The van der Waals surface area contributed by atoms with Crippen molar-refractivity contribution in [1.29, 1.82) is 0 Å². The molecular formula is C21H18N2O5. The number of carbonyl (C=O) groups excluding carboxylic acids is 4. The molecule has 2 aromatic rings. The maximum absolute atomic E-state index is 13.1. The quantitative estimate of drug-likeness (QED) is 0.600. The summed E-state index contributed by atoms with van der Waals surface area (Å²) in [6, 6.07) is 15.1. The van der Waals surface area contributed by atoms with Crippen LogP contribution in [0.5, 0.6) is 0 Å². The van der Waals surface area contributed by atoms with Gasteiger partial charge in [-0.15, -0.1) is 0 Å². The monoisotopic (exact) mass is 378 g/mol. The Hall–Kier alpha value is -3.48. The molecule has 28 heavy (non-hydrogen) atoms. The van der Waals surface area contributed by atoms with E-state index in [0.717, 1.165) is 0 Å². The predicted molar refractivity (Wildman–Crippen MR) is 99.7 cm³/mol. The van der Waals surface area contributed by atoms with Gasteiger partial charge >= 0.3 is 5.97 Å². The van der Waals surface area contributed by atoms with Gasteiger partial charge in [-0.1, -0.05) is 42.5 Å². The number of ketones is 1. The second-order valence-corrected chi connectivity index (χ2v) is 6.79. The van der Waals surface area contributed by atoms with E-state index in [0.29, 0.717) is 16.8 Å². The van der Waals surface area contributed by atoms with Gasteiger partial charge in [0.2, 0.25) is 11.6 Å². The SMILES string of the molecule is CN1C(=O)c2ccccc2N2C(=O)CC[C@]12C(=O)OCC(=O)c1ccccc1. The summed E-state index contributed by atoms with van der Waals surface area (Å²) in [5.74, 6) is -1.77.